The number of rotatable bonds is 11. The standard InChI is InChI=1S/C16H31F3N4O2/c1-3-20-15(21-6-4-8-25-10-9-24-2)22-11-14-5-7-23(12-14)13-16(17,18)19/h14H,3-13H2,1-2H3,(H2,20,21,22). The SMILES string of the molecule is CCNC(=NCC1CCN(CC(F)(F)F)C1)NCCCOCCOC. The number of nitrogens with one attached hydrogen (secondary N) is 2. The van der Waals surface area contributed by atoms with Gasteiger partial charge in [0, 0.05) is 39.9 Å². The number of ether oxygens (including phenoxy) is 2. The molecular formula is C16H31F3N4O2. The zero-order valence-electron chi connectivity index (χ0n) is 15.2. The van der Waals surface area contributed by atoms with Crippen LogP contribution in [-0.4, -0.2) is 83.2 Å². The number of alkyl halides is 3. The normalized spacial score (nSPS) is 19.4. The second kappa shape index (κ2) is 12.3. The van der Waals surface area contributed by atoms with Crippen LogP contribution in [0.15, 0.2) is 4.99 Å². The molecule has 0 aromatic rings. The highest BCUT2D eigenvalue weighted by Crippen LogP contribution is 2.22. The fraction of sp³-hybridized carbons (Fsp3) is 0.938. The average Bonchev–Trinajstić information content (AvgIpc) is 2.97. The fourth-order valence-electron chi connectivity index (χ4n) is 2.65. The van der Waals surface area contributed by atoms with Crippen molar-refractivity contribution in [3.63, 3.8) is 0 Å². The third-order valence-electron chi connectivity index (χ3n) is 3.81. The van der Waals surface area contributed by atoms with Crippen LogP contribution in [-0.2, 0) is 9.47 Å². The second-order valence-corrected chi connectivity index (χ2v) is 6.11. The summed E-state index contributed by atoms with van der Waals surface area (Å²) in [5.41, 5.74) is 0. The minimum absolute atomic E-state index is 0.176. The van der Waals surface area contributed by atoms with E-state index >= 15 is 0 Å². The number of aliphatic imine (C=N–C) groups is 1. The van der Waals surface area contributed by atoms with Gasteiger partial charge in [-0.3, -0.25) is 9.89 Å². The Morgan fingerprint density at radius 2 is 2.04 bits per heavy atom. The maximum Gasteiger partial charge on any atom is 0.401 e. The molecule has 0 radical (unpaired) electrons. The molecule has 1 atom stereocenters. The molecule has 0 spiro atoms. The summed E-state index contributed by atoms with van der Waals surface area (Å²) in [6.07, 6.45) is -2.52. The summed E-state index contributed by atoms with van der Waals surface area (Å²) in [5, 5.41) is 6.37. The maximum absolute atomic E-state index is 12.4. The van der Waals surface area contributed by atoms with Crippen LogP contribution >= 0.6 is 0 Å². The highest BCUT2D eigenvalue weighted by atomic mass is 19.4. The monoisotopic (exact) mass is 368 g/mol. The molecule has 25 heavy (non-hydrogen) atoms. The number of methoxy groups -OCH3 is 1. The Labute approximate surface area is 148 Å². The minimum atomic E-state index is -4.13. The number of hydrogen-bond acceptors (Lipinski definition) is 4. The molecule has 0 amide bonds. The number of guanidine groups is 1. The van der Waals surface area contributed by atoms with E-state index in [0.29, 0.717) is 45.4 Å². The summed E-state index contributed by atoms with van der Waals surface area (Å²) < 4.78 is 47.5. The number of hydrogen-bond donors (Lipinski definition) is 2. The third-order valence-corrected chi connectivity index (χ3v) is 3.81. The van der Waals surface area contributed by atoms with Gasteiger partial charge in [0.2, 0.25) is 0 Å². The molecule has 1 unspecified atom stereocenters. The first-order valence-corrected chi connectivity index (χ1v) is 8.82. The van der Waals surface area contributed by atoms with Gasteiger partial charge in [-0.15, -0.1) is 0 Å². The molecule has 1 heterocycles. The molecule has 1 rings (SSSR count). The highest BCUT2D eigenvalue weighted by molar-refractivity contribution is 5.79. The smallest absolute Gasteiger partial charge is 0.382 e. The Bertz CT molecular complexity index is 381. The zero-order chi connectivity index (χ0) is 18.5. The molecule has 9 heteroatoms. The lowest BCUT2D eigenvalue weighted by Crippen LogP contribution is -2.38. The van der Waals surface area contributed by atoms with Crippen LogP contribution in [0.3, 0.4) is 0 Å². The summed E-state index contributed by atoms with van der Waals surface area (Å²) in [4.78, 5) is 5.96. The van der Waals surface area contributed by atoms with E-state index in [0.717, 1.165) is 25.9 Å². The third kappa shape index (κ3) is 11.2. The second-order valence-electron chi connectivity index (χ2n) is 6.11. The van der Waals surface area contributed by atoms with Crippen molar-refractivity contribution in [3.8, 4) is 0 Å². The topological polar surface area (TPSA) is 58.1 Å². The Morgan fingerprint density at radius 3 is 2.72 bits per heavy atom. The van der Waals surface area contributed by atoms with Gasteiger partial charge in [-0.2, -0.15) is 13.2 Å². The van der Waals surface area contributed by atoms with Crippen molar-refractivity contribution < 1.29 is 22.6 Å². The lowest BCUT2D eigenvalue weighted by molar-refractivity contribution is -0.143. The van der Waals surface area contributed by atoms with Crippen molar-refractivity contribution >= 4 is 5.96 Å². The van der Waals surface area contributed by atoms with Gasteiger partial charge in [0.05, 0.1) is 19.8 Å². The van der Waals surface area contributed by atoms with Gasteiger partial charge < -0.3 is 20.1 Å². The average molecular weight is 368 g/mol. The first-order chi connectivity index (χ1) is 11.9. The van der Waals surface area contributed by atoms with E-state index in [1.54, 1.807) is 7.11 Å². The van der Waals surface area contributed by atoms with Crippen LogP contribution in [0.2, 0.25) is 0 Å². The van der Waals surface area contributed by atoms with Crippen LogP contribution in [0.1, 0.15) is 19.8 Å². The lowest BCUT2D eigenvalue weighted by Gasteiger charge is -2.17. The molecule has 0 aromatic carbocycles. The summed E-state index contributed by atoms with van der Waals surface area (Å²) in [7, 11) is 1.64. The molecule has 1 aliphatic heterocycles. The Kier molecular flexibility index (Phi) is 10.8. The van der Waals surface area contributed by atoms with Gasteiger partial charge in [-0.1, -0.05) is 0 Å². The van der Waals surface area contributed by atoms with E-state index in [2.05, 4.69) is 15.6 Å². The molecule has 0 saturated carbocycles. The van der Waals surface area contributed by atoms with Crippen molar-refractivity contribution in [2.45, 2.75) is 25.9 Å². The summed E-state index contributed by atoms with van der Waals surface area (Å²) in [6, 6.07) is 0. The quantitative estimate of drug-likeness (QED) is 0.329. The zero-order valence-corrected chi connectivity index (χ0v) is 15.2. The van der Waals surface area contributed by atoms with E-state index in [1.807, 2.05) is 6.92 Å². The molecule has 6 nitrogen and oxygen atoms in total. The van der Waals surface area contributed by atoms with Gasteiger partial charge in [-0.25, -0.2) is 0 Å². The van der Waals surface area contributed by atoms with Crippen molar-refractivity contribution in [2.24, 2.45) is 10.9 Å². The van der Waals surface area contributed by atoms with Crippen molar-refractivity contribution in [3.05, 3.63) is 0 Å². The summed E-state index contributed by atoms with van der Waals surface area (Å²) >= 11 is 0. The van der Waals surface area contributed by atoms with Gasteiger partial charge in [0.1, 0.15) is 0 Å². The summed E-state index contributed by atoms with van der Waals surface area (Å²) in [6.45, 7) is 5.91. The highest BCUT2D eigenvalue weighted by Gasteiger charge is 2.34. The largest absolute Gasteiger partial charge is 0.401 e. The predicted molar refractivity (Wildman–Crippen MR) is 91.9 cm³/mol. The molecule has 1 fully saturated rings. The number of likely N-dealkylation sites (tertiary alicyclic amines) is 1. The van der Waals surface area contributed by atoms with Crippen molar-refractivity contribution in [1.82, 2.24) is 15.5 Å². The van der Waals surface area contributed by atoms with E-state index in [1.165, 1.54) is 4.90 Å². The predicted octanol–water partition coefficient (Wildman–Crippen LogP) is 1.48. The molecule has 0 aromatic heterocycles. The van der Waals surface area contributed by atoms with Gasteiger partial charge in [0.15, 0.2) is 5.96 Å². The molecule has 1 aliphatic rings. The molecule has 148 valence electrons. The van der Waals surface area contributed by atoms with E-state index in [-0.39, 0.29) is 5.92 Å². The molecule has 2 N–H and O–H groups in total. The van der Waals surface area contributed by atoms with Crippen LogP contribution in [0, 0.1) is 5.92 Å². The van der Waals surface area contributed by atoms with Crippen LogP contribution in [0.4, 0.5) is 13.2 Å². The lowest BCUT2D eigenvalue weighted by atomic mass is 10.1. The molecule has 0 aliphatic carbocycles. The molecular weight excluding hydrogens is 337 g/mol. The van der Waals surface area contributed by atoms with Crippen LogP contribution in [0.5, 0.6) is 0 Å². The number of halogens is 3. The van der Waals surface area contributed by atoms with E-state index in [9.17, 15) is 13.2 Å². The maximum atomic E-state index is 12.4. The van der Waals surface area contributed by atoms with E-state index in [4.69, 9.17) is 9.47 Å². The van der Waals surface area contributed by atoms with Crippen LogP contribution < -0.4 is 10.6 Å². The molecule has 0 bridgehead atoms. The minimum Gasteiger partial charge on any atom is -0.382 e. The Balaban J connectivity index is 2.24. The fourth-order valence-corrected chi connectivity index (χ4v) is 2.65. The van der Waals surface area contributed by atoms with E-state index < -0.39 is 12.7 Å². The molecule has 1 saturated heterocycles. The Hall–Kier alpha value is -1.06. The van der Waals surface area contributed by atoms with Crippen molar-refractivity contribution in [1.29, 1.82) is 0 Å². The van der Waals surface area contributed by atoms with Crippen molar-refractivity contribution in [2.75, 3.05) is 66.2 Å². The van der Waals surface area contributed by atoms with Gasteiger partial charge in [-0.05, 0) is 32.2 Å². The van der Waals surface area contributed by atoms with Gasteiger partial charge in [0.25, 0.3) is 0 Å². The Morgan fingerprint density at radius 1 is 1.24 bits per heavy atom. The number of nitrogens with zero attached hydrogens (tertiary/aromatic N) is 2. The summed E-state index contributed by atoms with van der Waals surface area (Å²) in [5.74, 6) is 0.879. The van der Waals surface area contributed by atoms with Crippen LogP contribution in [0.25, 0.3) is 0 Å². The first-order valence-electron chi connectivity index (χ1n) is 8.82. The van der Waals surface area contributed by atoms with Gasteiger partial charge >= 0.3 is 6.18 Å². The first kappa shape index (κ1) is 22.0.